The molecule has 0 atom stereocenters. The SMILES string of the molecule is CP1C=CN(Cc2ccc(-c3ccc4ncnc(N)c4c3)o2)C=C1. The Morgan fingerprint density at radius 1 is 1.12 bits per heavy atom. The van der Waals surface area contributed by atoms with E-state index in [0.29, 0.717) is 5.82 Å². The van der Waals surface area contributed by atoms with Crippen LogP contribution in [-0.4, -0.2) is 21.5 Å². The van der Waals surface area contributed by atoms with Crippen LogP contribution in [0.4, 0.5) is 5.82 Å². The molecule has 0 spiro atoms. The molecule has 2 aromatic heterocycles. The number of hydrogen-bond acceptors (Lipinski definition) is 5. The van der Waals surface area contributed by atoms with E-state index in [1.54, 1.807) is 0 Å². The summed E-state index contributed by atoms with van der Waals surface area (Å²) >= 11 is 0. The molecule has 0 radical (unpaired) electrons. The second-order valence-corrected chi connectivity index (χ2v) is 7.62. The van der Waals surface area contributed by atoms with Crippen molar-refractivity contribution in [3.8, 4) is 11.3 Å². The molecule has 0 bridgehead atoms. The van der Waals surface area contributed by atoms with E-state index in [1.807, 2.05) is 30.3 Å². The molecule has 0 saturated carbocycles. The molecule has 1 aromatic carbocycles. The molecule has 1 aliphatic rings. The Hall–Kier alpha value is -2.65. The Balaban J connectivity index is 1.59. The third-order valence-corrected chi connectivity index (χ3v) is 5.14. The maximum Gasteiger partial charge on any atom is 0.134 e. The zero-order valence-corrected chi connectivity index (χ0v) is 14.1. The van der Waals surface area contributed by atoms with Crippen LogP contribution in [0.1, 0.15) is 5.76 Å². The fraction of sp³-hybridized carbons (Fsp3) is 0.111. The predicted octanol–water partition coefficient (Wildman–Crippen LogP) is 4.34. The topological polar surface area (TPSA) is 68.2 Å². The molecular weight excluding hydrogens is 319 g/mol. The number of benzene rings is 1. The molecule has 3 aromatic rings. The fourth-order valence-corrected chi connectivity index (χ4v) is 3.48. The molecule has 2 N–H and O–H groups in total. The van der Waals surface area contributed by atoms with Crippen LogP contribution in [-0.2, 0) is 6.54 Å². The predicted molar refractivity (Wildman–Crippen MR) is 98.3 cm³/mol. The van der Waals surface area contributed by atoms with Crippen LogP contribution >= 0.6 is 7.92 Å². The standard InChI is InChI=1S/C18H17N4OP/c1-24-8-6-22(7-9-24)11-14-3-5-17(23-14)13-2-4-16-15(10-13)18(19)21-12-20-16/h2-10,12H,11H2,1H3,(H2,19,20,21). The normalized spacial score (nSPS) is 14.6. The third kappa shape index (κ3) is 2.91. The molecule has 6 heteroatoms. The van der Waals surface area contributed by atoms with Gasteiger partial charge in [0.25, 0.3) is 0 Å². The maximum atomic E-state index is 6.00. The molecule has 0 aliphatic carbocycles. The second-order valence-electron chi connectivity index (χ2n) is 5.69. The molecular formula is C18H17N4OP. The van der Waals surface area contributed by atoms with Gasteiger partial charge in [0.05, 0.1) is 12.1 Å². The van der Waals surface area contributed by atoms with Gasteiger partial charge in [0.1, 0.15) is 23.7 Å². The van der Waals surface area contributed by atoms with Gasteiger partial charge in [-0.05, 0) is 48.6 Å². The van der Waals surface area contributed by atoms with E-state index >= 15 is 0 Å². The van der Waals surface area contributed by atoms with Crippen molar-refractivity contribution in [3.05, 3.63) is 66.5 Å². The highest BCUT2D eigenvalue weighted by molar-refractivity contribution is 7.63. The Kier molecular flexibility index (Phi) is 3.79. The van der Waals surface area contributed by atoms with Crippen LogP contribution in [0.2, 0.25) is 0 Å². The van der Waals surface area contributed by atoms with Gasteiger partial charge < -0.3 is 15.1 Å². The summed E-state index contributed by atoms with van der Waals surface area (Å²) in [4.78, 5) is 10.4. The monoisotopic (exact) mass is 336 g/mol. The van der Waals surface area contributed by atoms with Crippen molar-refractivity contribution in [1.29, 1.82) is 0 Å². The molecule has 0 unspecified atom stereocenters. The summed E-state index contributed by atoms with van der Waals surface area (Å²) in [6, 6.07) is 9.89. The van der Waals surface area contributed by atoms with Crippen LogP contribution in [0.3, 0.4) is 0 Å². The molecule has 0 fully saturated rings. The van der Waals surface area contributed by atoms with Gasteiger partial charge in [-0.3, -0.25) is 0 Å². The Morgan fingerprint density at radius 3 is 2.79 bits per heavy atom. The second kappa shape index (κ2) is 6.10. The minimum absolute atomic E-state index is 0.101. The summed E-state index contributed by atoms with van der Waals surface area (Å²) in [5, 5.41) is 0.839. The minimum Gasteiger partial charge on any atom is -0.459 e. The number of fused-ring (bicyclic) bond motifs is 1. The average Bonchev–Trinajstić information content (AvgIpc) is 3.06. The number of anilines is 1. The number of nitrogen functional groups attached to an aromatic ring is 1. The van der Waals surface area contributed by atoms with E-state index in [4.69, 9.17) is 10.2 Å². The average molecular weight is 336 g/mol. The van der Waals surface area contributed by atoms with Crippen LogP contribution < -0.4 is 5.73 Å². The van der Waals surface area contributed by atoms with Gasteiger partial charge in [-0.25, -0.2) is 9.97 Å². The van der Waals surface area contributed by atoms with Crippen molar-refractivity contribution in [2.45, 2.75) is 6.54 Å². The Labute approximate surface area is 141 Å². The summed E-state index contributed by atoms with van der Waals surface area (Å²) in [5.41, 5.74) is 7.74. The number of aromatic nitrogens is 2. The first-order valence-electron chi connectivity index (χ1n) is 7.63. The lowest BCUT2D eigenvalue weighted by molar-refractivity contribution is 0.416. The van der Waals surface area contributed by atoms with E-state index in [0.717, 1.165) is 34.5 Å². The number of furan rings is 1. The lowest BCUT2D eigenvalue weighted by atomic mass is 10.1. The Morgan fingerprint density at radius 2 is 1.96 bits per heavy atom. The number of nitrogens with zero attached hydrogens (tertiary/aromatic N) is 3. The van der Waals surface area contributed by atoms with Crippen LogP contribution in [0, 0.1) is 0 Å². The molecule has 1 aliphatic heterocycles. The lowest BCUT2D eigenvalue weighted by Crippen LogP contribution is -2.09. The summed E-state index contributed by atoms with van der Waals surface area (Å²) in [5.74, 6) is 6.67. The van der Waals surface area contributed by atoms with E-state index in [1.165, 1.54) is 6.33 Å². The molecule has 4 rings (SSSR count). The first-order valence-corrected chi connectivity index (χ1v) is 9.55. The largest absolute Gasteiger partial charge is 0.459 e. The quantitative estimate of drug-likeness (QED) is 0.721. The van der Waals surface area contributed by atoms with E-state index in [2.05, 4.69) is 45.6 Å². The lowest BCUT2D eigenvalue weighted by Gasteiger charge is -2.18. The van der Waals surface area contributed by atoms with Gasteiger partial charge in [0, 0.05) is 23.3 Å². The van der Waals surface area contributed by atoms with E-state index in [-0.39, 0.29) is 7.92 Å². The maximum absolute atomic E-state index is 6.00. The van der Waals surface area contributed by atoms with Gasteiger partial charge in [0.15, 0.2) is 0 Å². The van der Waals surface area contributed by atoms with Gasteiger partial charge in [-0.2, -0.15) is 0 Å². The highest BCUT2D eigenvalue weighted by atomic mass is 31.1. The molecule has 5 nitrogen and oxygen atoms in total. The third-order valence-electron chi connectivity index (χ3n) is 3.94. The molecule has 120 valence electrons. The summed E-state index contributed by atoms with van der Waals surface area (Å²) < 4.78 is 6.00. The first-order chi connectivity index (χ1) is 11.7. The van der Waals surface area contributed by atoms with Gasteiger partial charge in [-0.15, -0.1) is 0 Å². The molecule has 0 saturated heterocycles. The molecule has 0 amide bonds. The molecule has 3 heterocycles. The van der Waals surface area contributed by atoms with E-state index < -0.39 is 0 Å². The van der Waals surface area contributed by atoms with Crippen molar-refractivity contribution < 1.29 is 4.42 Å². The van der Waals surface area contributed by atoms with Crippen molar-refractivity contribution >= 4 is 24.6 Å². The summed E-state index contributed by atoms with van der Waals surface area (Å²) in [6.07, 6.45) is 5.70. The van der Waals surface area contributed by atoms with Crippen molar-refractivity contribution in [2.24, 2.45) is 0 Å². The highest BCUT2D eigenvalue weighted by Gasteiger charge is 2.10. The van der Waals surface area contributed by atoms with Gasteiger partial charge in [-0.1, -0.05) is 7.92 Å². The minimum atomic E-state index is -0.101. The number of hydrogen-bond donors (Lipinski definition) is 1. The van der Waals surface area contributed by atoms with Crippen LogP contribution in [0.25, 0.3) is 22.2 Å². The van der Waals surface area contributed by atoms with Crippen molar-refractivity contribution in [2.75, 3.05) is 12.4 Å². The number of nitrogens with two attached hydrogens (primary N) is 1. The zero-order chi connectivity index (χ0) is 16.5. The van der Waals surface area contributed by atoms with Crippen molar-refractivity contribution in [1.82, 2.24) is 14.9 Å². The van der Waals surface area contributed by atoms with Gasteiger partial charge in [0.2, 0.25) is 0 Å². The number of rotatable bonds is 3. The van der Waals surface area contributed by atoms with Crippen LogP contribution in [0.5, 0.6) is 0 Å². The zero-order valence-electron chi connectivity index (χ0n) is 13.3. The first kappa shape index (κ1) is 14.9. The summed E-state index contributed by atoms with van der Waals surface area (Å²) in [7, 11) is -0.101. The molecule has 24 heavy (non-hydrogen) atoms. The van der Waals surface area contributed by atoms with E-state index in [9.17, 15) is 0 Å². The van der Waals surface area contributed by atoms with Crippen LogP contribution in [0.15, 0.2) is 65.1 Å². The van der Waals surface area contributed by atoms with Crippen molar-refractivity contribution in [3.63, 3.8) is 0 Å². The fourth-order valence-electron chi connectivity index (χ4n) is 2.61. The smallest absolute Gasteiger partial charge is 0.134 e. The highest BCUT2D eigenvalue weighted by Crippen LogP contribution is 2.37. The van der Waals surface area contributed by atoms with Gasteiger partial charge >= 0.3 is 0 Å². The summed E-state index contributed by atoms with van der Waals surface area (Å²) in [6.45, 7) is 2.94. The Bertz CT molecular complexity index is 933.